The Bertz CT molecular complexity index is 584. The van der Waals surface area contributed by atoms with Crippen LogP contribution in [0.15, 0.2) is 42.7 Å². The topological polar surface area (TPSA) is 71.5 Å². The van der Waals surface area contributed by atoms with E-state index in [0.717, 1.165) is 0 Å². The Morgan fingerprint density at radius 2 is 2.16 bits per heavy atom. The number of para-hydroxylation sites is 2. The molecule has 2 aromatic rings. The number of aromatic hydroxyl groups is 1. The number of anilines is 1. The molecule has 98 valence electrons. The number of benzene rings is 1. The van der Waals surface area contributed by atoms with Crippen LogP contribution in [0, 0.1) is 0 Å². The van der Waals surface area contributed by atoms with Crippen molar-refractivity contribution in [3.05, 3.63) is 48.3 Å². The third kappa shape index (κ3) is 3.22. The molecule has 19 heavy (non-hydrogen) atoms. The molecular formula is C14H14N2O3. The van der Waals surface area contributed by atoms with Crippen LogP contribution in [0.25, 0.3) is 0 Å². The summed E-state index contributed by atoms with van der Waals surface area (Å²) in [7, 11) is 0. The minimum Gasteiger partial charge on any atom is -0.506 e. The summed E-state index contributed by atoms with van der Waals surface area (Å²) in [5.74, 6) is 0.202. The fraction of sp³-hybridized carbons (Fsp3) is 0.143. The Labute approximate surface area is 110 Å². The van der Waals surface area contributed by atoms with Gasteiger partial charge >= 0.3 is 0 Å². The van der Waals surface area contributed by atoms with Gasteiger partial charge in [0.25, 0.3) is 5.91 Å². The highest BCUT2D eigenvalue weighted by molar-refractivity contribution is 6.05. The molecule has 2 rings (SSSR count). The molecule has 5 heteroatoms. The first-order valence-electron chi connectivity index (χ1n) is 5.88. The molecule has 0 radical (unpaired) electrons. The highest BCUT2D eigenvalue weighted by Crippen LogP contribution is 2.24. The maximum Gasteiger partial charge on any atom is 0.257 e. The van der Waals surface area contributed by atoms with Crippen molar-refractivity contribution < 1.29 is 14.6 Å². The molecule has 0 saturated carbocycles. The van der Waals surface area contributed by atoms with Crippen LogP contribution in [0.1, 0.15) is 17.3 Å². The first-order chi connectivity index (χ1) is 9.20. The number of carbonyl (C=O) groups is 1. The van der Waals surface area contributed by atoms with E-state index in [2.05, 4.69) is 10.3 Å². The molecule has 1 heterocycles. The summed E-state index contributed by atoms with van der Waals surface area (Å²) in [6.07, 6.45) is 2.66. The van der Waals surface area contributed by atoms with E-state index in [9.17, 15) is 9.90 Å². The Kier molecular flexibility index (Phi) is 3.97. The lowest BCUT2D eigenvalue weighted by Gasteiger charge is -2.11. The second kappa shape index (κ2) is 5.86. The first-order valence-corrected chi connectivity index (χ1v) is 5.88. The van der Waals surface area contributed by atoms with Gasteiger partial charge < -0.3 is 15.2 Å². The Morgan fingerprint density at radius 3 is 2.89 bits per heavy atom. The molecule has 1 aromatic carbocycles. The molecule has 1 amide bonds. The van der Waals surface area contributed by atoms with Crippen molar-refractivity contribution in [2.75, 3.05) is 11.9 Å². The molecule has 0 fully saturated rings. The number of aromatic nitrogens is 1. The van der Waals surface area contributed by atoms with E-state index >= 15 is 0 Å². The van der Waals surface area contributed by atoms with Crippen molar-refractivity contribution in [3.8, 4) is 11.5 Å². The summed E-state index contributed by atoms with van der Waals surface area (Å²) in [4.78, 5) is 15.8. The lowest BCUT2D eigenvalue weighted by molar-refractivity contribution is 0.102. The number of rotatable bonds is 4. The van der Waals surface area contributed by atoms with E-state index in [4.69, 9.17) is 4.74 Å². The van der Waals surface area contributed by atoms with Crippen LogP contribution < -0.4 is 10.1 Å². The Hall–Kier alpha value is -2.56. The van der Waals surface area contributed by atoms with Gasteiger partial charge in [-0.05, 0) is 25.1 Å². The maximum atomic E-state index is 12.0. The molecule has 0 unspecified atom stereocenters. The zero-order valence-electron chi connectivity index (χ0n) is 10.5. The molecular weight excluding hydrogens is 244 g/mol. The van der Waals surface area contributed by atoms with Crippen molar-refractivity contribution in [1.29, 1.82) is 0 Å². The van der Waals surface area contributed by atoms with Crippen molar-refractivity contribution >= 4 is 11.6 Å². The van der Waals surface area contributed by atoms with Gasteiger partial charge in [0.05, 0.1) is 24.1 Å². The standard InChI is InChI=1S/C14H14N2O3/c1-2-19-13-6-4-3-5-12(13)16-14(18)10-7-11(17)9-15-8-10/h3-9,17H,2H2,1H3,(H,16,18). The number of hydrogen-bond donors (Lipinski definition) is 2. The van der Waals surface area contributed by atoms with Gasteiger partial charge in [-0.3, -0.25) is 9.78 Å². The third-order valence-corrected chi connectivity index (χ3v) is 2.42. The maximum absolute atomic E-state index is 12.0. The zero-order valence-corrected chi connectivity index (χ0v) is 10.5. The van der Waals surface area contributed by atoms with E-state index in [-0.39, 0.29) is 17.2 Å². The van der Waals surface area contributed by atoms with E-state index in [1.165, 1.54) is 18.5 Å². The molecule has 0 aliphatic rings. The summed E-state index contributed by atoms with van der Waals surface area (Å²) >= 11 is 0. The van der Waals surface area contributed by atoms with Crippen LogP contribution >= 0.6 is 0 Å². The van der Waals surface area contributed by atoms with E-state index in [1.807, 2.05) is 13.0 Å². The highest BCUT2D eigenvalue weighted by Gasteiger charge is 2.10. The third-order valence-electron chi connectivity index (χ3n) is 2.42. The molecule has 0 atom stereocenters. The van der Waals surface area contributed by atoms with Crippen molar-refractivity contribution in [2.45, 2.75) is 6.92 Å². The quantitative estimate of drug-likeness (QED) is 0.883. The fourth-order valence-electron chi connectivity index (χ4n) is 1.60. The lowest BCUT2D eigenvalue weighted by atomic mass is 10.2. The fourth-order valence-corrected chi connectivity index (χ4v) is 1.60. The summed E-state index contributed by atoms with van der Waals surface area (Å²) in [5, 5.41) is 12.0. The minimum atomic E-state index is -0.351. The molecule has 0 saturated heterocycles. The second-order valence-corrected chi connectivity index (χ2v) is 3.82. The summed E-state index contributed by atoms with van der Waals surface area (Å²) in [6.45, 7) is 2.39. The molecule has 0 bridgehead atoms. The number of ether oxygens (including phenoxy) is 1. The van der Waals surface area contributed by atoms with E-state index in [1.54, 1.807) is 18.2 Å². The van der Waals surface area contributed by atoms with E-state index in [0.29, 0.717) is 18.0 Å². The average Bonchev–Trinajstić information content (AvgIpc) is 2.41. The van der Waals surface area contributed by atoms with Gasteiger partial charge in [-0.1, -0.05) is 12.1 Å². The molecule has 0 aliphatic heterocycles. The van der Waals surface area contributed by atoms with Gasteiger partial charge in [-0.2, -0.15) is 0 Å². The number of nitrogens with zero attached hydrogens (tertiary/aromatic N) is 1. The van der Waals surface area contributed by atoms with Crippen LogP contribution in [0.5, 0.6) is 11.5 Å². The van der Waals surface area contributed by atoms with E-state index < -0.39 is 0 Å². The largest absolute Gasteiger partial charge is 0.506 e. The number of amides is 1. The van der Waals surface area contributed by atoms with Crippen LogP contribution in [0.2, 0.25) is 0 Å². The smallest absolute Gasteiger partial charge is 0.257 e. The number of pyridine rings is 1. The van der Waals surface area contributed by atoms with Crippen LogP contribution in [-0.4, -0.2) is 22.6 Å². The van der Waals surface area contributed by atoms with Gasteiger partial charge in [0.15, 0.2) is 0 Å². The van der Waals surface area contributed by atoms with Crippen molar-refractivity contribution in [3.63, 3.8) is 0 Å². The summed E-state index contributed by atoms with van der Waals surface area (Å²) in [5.41, 5.74) is 0.865. The van der Waals surface area contributed by atoms with Crippen LogP contribution in [0.3, 0.4) is 0 Å². The molecule has 0 spiro atoms. The summed E-state index contributed by atoms with van der Waals surface area (Å²) in [6, 6.07) is 8.51. The van der Waals surface area contributed by atoms with Crippen molar-refractivity contribution in [1.82, 2.24) is 4.98 Å². The van der Waals surface area contributed by atoms with Gasteiger partial charge in [-0.15, -0.1) is 0 Å². The normalized spacial score (nSPS) is 9.95. The molecule has 2 N–H and O–H groups in total. The van der Waals surface area contributed by atoms with Crippen molar-refractivity contribution in [2.24, 2.45) is 0 Å². The SMILES string of the molecule is CCOc1ccccc1NC(=O)c1cncc(O)c1. The Morgan fingerprint density at radius 1 is 1.37 bits per heavy atom. The molecule has 1 aromatic heterocycles. The van der Waals surface area contributed by atoms with Crippen LogP contribution in [0.4, 0.5) is 5.69 Å². The van der Waals surface area contributed by atoms with Crippen LogP contribution in [-0.2, 0) is 0 Å². The lowest BCUT2D eigenvalue weighted by Crippen LogP contribution is -2.13. The predicted molar refractivity (Wildman–Crippen MR) is 71.5 cm³/mol. The zero-order chi connectivity index (χ0) is 13.7. The second-order valence-electron chi connectivity index (χ2n) is 3.82. The van der Waals surface area contributed by atoms with Gasteiger partial charge in [0.1, 0.15) is 11.5 Å². The Balaban J connectivity index is 2.19. The predicted octanol–water partition coefficient (Wildman–Crippen LogP) is 2.44. The monoisotopic (exact) mass is 258 g/mol. The number of nitrogens with one attached hydrogen (secondary N) is 1. The summed E-state index contributed by atoms with van der Waals surface area (Å²) < 4.78 is 5.42. The molecule has 5 nitrogen and oxygen atoms in total. The average molecular weight is 258 g/mol. The highest BCUT2D eigenvalue weighted by atomic mass is 16.5. The minimum absolute atomic E-state index is 0.0502. The van der Waals surface area contributed by atoms with Gasteiger partial charge in [-0.25, -0.2) is 0 Å². The van der Waals surface area contributed by atoms with Gasteiger partial charge in [0, 0.05) is 6.20 Å². The number of hydrogen-bond acceptors (Lipinski definition) is 4. The van der Waals surface area contributed by atoms with Gasteiger partial charge in [0.2, 0.25) is 0 Å². The molecule has 0 aliphatic carbocycles. The number of carbonyl (C=O) groups excluding carboxylic acids is 1. The first kappa shape index (κ1) is 12.9.